The Bertz CT molecular complexity index is 2200. The molecule has 198 valence electrons. The van der Waals surface area contributed by atoms with Crippen LogP contribution in [-0.2, 0) is 0 Å². The fraction of sp³-hybridized carbons (Fsp3) is 0.0256. The second-order valence-electron chi connectivity index (χ2n) is 10.7. The molecule has 0 spiro atoms. The highest BCUT2D eigenvalue weighted by Gasteiger charge is 2.19. The summed E-state index contributed by atoms with van der Waals surface area (Å²) in [6.45, 7) is 2.08. The third-order valence-electron chi connectivity index (χ3n) is 8.24. The lowest BCUT2D eigenvalue weighted by atomic mass is 9.84. The van der Waals surface area contributed by atoms with Crippen LogP contribution in [0.2, 0.25) is 0 Å². The van der Waals surface area contributed by atoms with Gasteiger partial charge < -0.3 is 0 Å². The topological polar surface area (TPSA) is 30.7 Å². The SMILES string of the molecule is Cc1nc2ccccc2n1-c1cccc(-c2c3ccccc3c(-c3ccccc3-c3ccncc3)c3ccccc23)c1. The van der Waals surface area contributed by atoms with Crippen molar-refractivity contribution in [1.82, 2.24) is 14.5 Å². The van der Waals surface area contributed by atoms with E-state index in [0.29, 0.717) is 0 Å². The van der Waals surface area contributed by atoms with Crippen molar-refractivity contribution in [2.45, 2.75) is 6.92 Å². The predicted octanol–water partition coefficient (Wildman–Crippen LogP) is 10.0. The van der Waals surface area contributed by atoms with E-state index in [4.69, 9.17) is 4.98 Å². The minimum atomic E-state index is 0.978. The Morgan fingerprint density at radius 2 is 1.10 bits per heavy atom. The number of hydrogen-bond acceptors (Lipinski definition) is 2. The van der Waals surface area contributed by atoms with Gasteiger partial charge in [0.2, 0.25) is 0 Å². The summed E-state index contributed by atoms with van der Waals surface area (Å²) in [6.07, 6.45) is 3.73. The maximum atomic E-state index is 4.83. The van der Waals surface area contributed by atoms with Gasteiger partial charge in [-0.2, -0.15) is 0 Å². The van der Waals surface area contributed by atoms with Crippen LogP contribution in [0.5, 0.6) is 0 Å². The first-order valence-electron chi connectivity index (χ1n) is 14.3. The Morgan fingerprint density at radius 1 is 0.500 bits per heavy atom. The smallest absolute Gasteiger partial charge is 0.111 e. The molecule has 0 aliphatic carbocycles. The van der Waals surface area contributed by atoms with Crippen LogP contribution >= 0.6 is 0 Å². The maximum absolute atomic E-state index is 4.83. The minimum absolute atomic E-state index is 0.978. The van der Waals surface area contributed by atoms with Gasteiger partial charge in [0, 0.05) is 18.1 Å². The molecule has 0 amide bonds. The van der Waals surface area contributed by atoms with Gasteiger partial charge in [0.1, 0.15) is 5.82 Å². The molecule has 0 radical (unpaired) electrons. The molecule has 3 heteroatoms. The molecule has 42 heavy (non-hydrogen) atoms. The van der Waals surface area contributed by atoms with Crippen LogP contribution in [0.4, 0.5) is 0 Å². The van der Waals surface area contributed by atoms with Gasteiger partial charge in [0.25, 0.3) is 0 Å². The largest absolute Gasteiger partial charge is 0.297 e. The van der Waals surface area contributed by atoms with Crippen LogP contribution in [-0.4, -0.2) is 14.5 Å². The standard InChI is InChI=1S/C39H27N3/c1-26-41-36-19-8-9-20-37(36)42(26)29-12-10-11-28(25-29)38-32-15-4-6-17-34(32)39(35-18-7-5-16-33(35)38)31-14-3-2-13-30(31)27-21-23-40-24-22-27/h2-25H,1H3. The minimum Gasteiger partial charge on any atom is -0.297 e. The van der Waals surface area contributed by atoms with Crippen molar-refractivity contribution in [3.8, 4) is 39.1 Å². The van der Waals surface area contributed by atoms with Gasteiger partial charge in [-0.15, -0.1) is 0 Å². The molecule has 0 saturated carbocycles. The van der Waals surface area contributed by atoms with E-state index in [1.165, 1.54) is 49.4 Å². The van der Waals surface area contributed by atoms with Crippen molar-refractivity contribution < 1.29 is 0 Å². The lowest BCUT2D eigenvalue weighted by molar-refractivity contribution is 1.00. The molecule has 0 aliphatic rings. The van der Waals surface area contributed by atoms with E-state index in [9.17, 15) is 0 Å². The lowest BCUT2D eigenvalue weighted by Crippen LogP contribution is -1.98. The van der Waals surface area contributed by atoms with E-state index >= 15 is 0 Å². The molecule has 8 aromatic rings. The number of fused-ring (bicyclic) bond motifs is 3. The monoisotopic (exact) mass is 537 g/mol. The molecule has 0 N–H and O–H groups in total. The summed E-state index contributed by atoms with van der Waals surface area (Å²) in [5.74, 6) is 0.978. The Balaban J connectivity index is 1.43. The lowest BCUT2D eigenvalue weighted by Gasteiger charge is -2.20. The number of rotatable bonds is 4. The highest BCUT2D eigenvalue weighted by molar-refractivity contribution is 6.22. The zero-order valence-electron chi connectivity index (χ0n) is 23.2. The number of aromatic nitrogens is 3. The van der Waals surface area contributed by atoms with Crippen molar-refractivity contribution in [3.63, 3.8) is 0 Å². The molecular weight excluding hydrogens is 510 g/mol. The molecule has 2 heterocycles. The average molecular weight is 538 g/mol. The summed E-state index contributed by atoms with van der Waals surface area (Å²) in [5, 5.41) is 4.95. The van der Waals surface area contributed by atoms with E-state index < -0.39 is 0 Å². The highest BCUT2D eigenvalue weighted by Crippen LogP contribution is 2.46. The van der Waals surface area contributed by atoms with Gasteiger partial charge in [-0.25, -0.2) is 4.98 Å². The van der Waals surface area contributed by atoms with Crippen LogP contribution in [0.25, 0.3) is 71.6 Å². The number of aryl methyl sites for hydroxylation is 1. The van der Waals surface area contributed by atoms with Crippen LogP contribution in [0.3, 0.4) is 0 Å². The molecule has 0 aliphatic heterocycles. The molecule has 3 nitrogen and oxygen atoms in total. The Morgan fingerprint density at radius 3 is 1.81 bits per heavy atom. The van der Waals surface area contributed by atoms with Gasteiger partial charge in [-0.3, -0.25) is 9.55 Å². The van der Waals surface area contributed by atoms with Gasteiger partial charge in [-0.05, 0) is 98.2 Å². The molecule has 0 fully saturated rings. The summed E-state index contributed by atoms with van der Waals surface area (Å²) >= 11 is 0. The van der Waals surface area contributed by atoms with E-state index in [1.807, 2.05) is 18.5 Å². The van der Waals surface area contributed by atoms with Gasteiger partial charge >= 0.3 is 0 Å². The molecular formula is C39H27N3. The van der Waals surface area contributed by atoms with Crippen molar-refractivity contribution in [2.75, 3.05) is 0 Å². The van der Waals surface area contributed by atoms with E-state index in [2.05, 4.69) is 144 Å². The van der Waals surface area contributed by atoms with Crippen LogP contribution in [0.1, 0.15) is 5.82 Å². The van der Waals surface area contributed by atoms with Crippen molar-refractivity contribution in [1.29, 1.82) is 0 Å². The first-order valence-corrected chi connectivity index (χ1v) is 14.3. The molecule has 0 saturated heterocycles. The number of pyridine rings is 1. The fourth-order valence-electron chi connectivity index (χ4n) is 6.49. The highest BCUT2D eigenvalue weighted by atomic mass is 15.1. The van der Waals surface area contributed by atoms with Crippen LogP contribution < -0.4 is 0 Å². The quantitative estimate of drug-likeness (QED) is 0.209. The first-order chi connectivity index (χ1) is 20.8. The van der Waals surface area contributed by atoms with Gasteiger partial charge in [0.05, 0.1) is 11.0 Å². The summed E-state index contributed by atoms with van der Waals surface area (Å²) in [7, 11) is 0. The molecule has 0 atom stereocenters. The Kier molecular flexibility index (Phi) is 5.68. The number of nitrogens with zero attached hydrogens (tertiary/aromatic N) is 3. The third-order valence-corrected chi connectivity index (χ3v) is 8.24. The fourth-order valence-corrected chi connectivity index (χ4v) is 6.49. The molecule has 8 rings (SSSR count). The molecule has 2 aromatic heterocycles. The van der Waals surface area contributed by atoms with Crippen molar-refractivity contribution in [2.24, 2.45) is 0 Å². The van der Waals surface area contributed by atoms with Gasteiger partial charge in [0.15, 0.2) is 0 Å². The number of hydrogen-bond donors (Lipinski definition) is 0. The summed E-state index contributed by atoms with van der Waals surface area (Å²) in [5.41, 5.74) is 10.5. The summed E-state index contributed by atoms with van der Waals surface area (Å²) < 4.78 is 2.25. The maximum Gasteiger partial charge on any atom is 0.111 e. The normalized spacial score (nSPS) is 11.5. The Labute approximate surface area is 244 Å². The van der Waals surface area contributed by atoms with Crippen molar-refractivity contribution >= 4 is 32.6 Å². The number of imidazole rings is 1. The second-order valence-corrected chi connectivity index (χ2v) is 10.7. The number of para-hydroxylation sites is 2. The first kappa shape index (κ1) is 24.3. The van der Waals surface area contributed by atoms with Gasteiger partial charge in [-0.1, -0.05) is 97.1 Å². The zero-order valence-corrected chi connectivity index (χ0v) is 23.2. The zero-order chi connectivity index (χ0) is 28.0. The predicted molar refractivity (Wildman–Crippen MR) is 175 cm³/mol. The molecule has 0 bridgehead atoms. The van der Waals surface area contributed by atoms with E-state index in [0.717, 1.165) is 28.1 Å². The summed E-state index contributed by atoms with van der Waals surface area (Å²) in [4.78, 5) is 9.09. The van der Waals surface area contributed by atoms with Crippen LogP contribution in [0.15, 0.2) is 146 Å². The molecule has 6 aromatic carbocycles. The van der Waals surface area contributed by atoms with E-state index in [-0.39, 0.29) is 0 Å². The average Bonchev–Trinajstić information content (AvgIpc) is 3.39. The molecule has 0 unspecified atom stereocenters. The van der Waals surface area contributed by atoms with Crippen molar-refractivity contribution in [3.05, 3.63) is 152 Å². The Hall–Kier alpha value is -5.54. The van der Waals surface area contributed by atoms with E-state index in [1.54, 1.807) is 0 Å². The second kappa shape index (κ2) is 9.83. The summed E-state index contributed by atoms with van der Waals surface area (Å²) in [6, 6.07) is 47.8. The number of benzene rings is 6. The van der Waals surface area contributed by atoms with Crippen LogP contribution in [0, 0.1) is 6.92 Å². The third kappa shape index (κ3) is 3.82.